The van der Waals surface area contributed by atoms with Crippen molar-refractivity contribution in [3.05, 3.63) is 0 Å². The highest BCUT2D eigenvalue weighted by Crippen LogP contribution is 2.00. The lowest BCUT2D eigenvalue weighted by Gasteiger charge is -2.26. The number of nitrogens with one attached hydrogen (secondary N) is 2. The second-order valence-electron chi connectivity index (χ2n) is 5.38. The molecule has 0 bridgehead atoms. The van der Waals surface area contributed by atoms with Crippen LogP contribution in [0.5, 0.6) is 0 Å². The Bertz CT molecular complexity index is 270. The molecule has 1 unspecified atom stereocenters. The van der Waals surface area contributed by atoms with Crippen molar-refractivity contribution in [2.45, 2.75) is 46.1 Å². The molecule has 0 amide bonds. The molecule has 0 aromatic carbocycles. The molecule has 0 radical (unpaired) electrons. The Morgan fingerprint density at radius 1 is 1.24 bits per heavy atom. The number of morpholine rings is 1. The zero-order valence-electron chi connectivity index (χ0n) is 13.9. The lowest BCUT2D eigenvalue weighted by atomic mass is 10.2. The van der Waals surface area contributed by atoms with Gasteiger partial charge in [-0.3, -0.25) is 9.89 Å². The molecule has 0 aliphatic carbocycles. The number of ether oxygens (including phenoxy) is 1. The summed E-state index contributed by atoms with van der Waals surface area (Å²) in [5.74, 6) is 0.952. The number of hydrogen-bond acceptors (Lipinski definition) is 3. The molecule has 0 aromatic rings. The molecule has 1 rings (SSSR count). The van der Waals surface area contributed by atoms with Crippen LogP contribution in [0, 0.1) is 0 Å². The van der Waals surface area contributed by atoms with Gasteiger partial charge in [0.2, 0.25) is 0 Å². The van der Waals surface area contributed by atoms with E-state index >= 15 is 0 Å². The Morgan fingerprint density at radius 2 is 1.95 bits per heavy atom. The summed E-state index contributed by atoms with van der Waals surface area (Å²) in [5, 5.41) is 6.72. The maximum Gasteiger partial charge on any atom is 0.191 e. The molecule has 21 heavy (non-hydrogen) atoms. The number of guanidine groups is 1. The SMILES string of the molecule is CCNC(=NCCCCN1CCOCC1)NC(C)CC.I. The number of aliphatic imine (C=N–C) groups is 1. The van der Waals surface area contributed by atoms with Crippen LogP contribution in [0.15, 0.2) is 4.99 Å². The van der Waals surface area contributed by atoms with Gasteiger partial charge >= 0.3 is 0 Å². The third-order valence-electron chi connectivity index (χ3n) is 3.60. The summed E-state index contributed by atoms with van der Waals surface area (Å²) >= 11 is 0. The fourth-order valence-corrected chi connectivity index (χ4v) is 2.12. The molecule has 1 aliphatic rings. The molecule has 126 valence electrons. The molecule has 1 atom stereocenters. The predicted molar refractivity (Wildman–Crippen MR) is 101 cm³/mol. The van der Waals surface area contributed by atoms with Crippen LogP contribution in [0.25, 0.3) is 0 Å². The first-order valence-corrected chi connectivity index (χ1v) is 8.11. The summed E-state index contributed by atoms with van der Waals surface area (Å²) in [6.07, 6.45) is 3.47. The third-order valence-corrected chi connectivity index (χ3v) is 3.60. The van der Waals surface area contributed by atoms with E-state index in [1.54, 1.807) is 0 Å². The van der Waals surface area contributed by atoms with Crippen molar-refractivity contribution in [1.29, 1.82) is 0 Å². The molecule has 0 aromatic heterocycles. The molecule has 1 heterocycles. The molecule has 1 fully saturated rings. The van der Waals surface area contributed by atoms with Gasteiger partial charge in [-0.25, -0.2) is 0 Å². The smallest absolute Gasteiger partial charge is 0.191 e. The van der Waals surface area contributed by atoms with Crippen LogP contribution < -0.4 is 10.6 Å². The van der Waals surface area contributed by atoms with Gasteiger partial charge in [-0.2, -0.15) is 0 Å². The number of nitrogens with zero attached hydrogens (tertiary/aromatic N) is 2. The van der Waals surface area contributed by atoms with Crippen LogP contribution in [-0.4, -0.2) is 62.8 Å². The molecule has 6 heteroatoms. The van der Waals surface area contributed by atoms with Gasteiger partial charge in [0.15, 0.2) is 5.96 Å². The Balaban J connectivity index is 0.00000400. The minimum atomic E-state index is 0. The largest absolute Gasteiger partial charge is 0.379 e. The van der Waals surface area contributed by atoms with E-state index in [-0.39, 0.29) is 24.0 Å². The summed E-state index contributed by atoms with van der Waals surface area (Å²) in [6.45, 7) is 13.4. The molecule has 0 saturated carbocycles. The lowest BCUT2D eigenvalue weighted by Crippen LogP contribution is -2.42. The van der Waals surface area contributed by atoms with Gasteiger partial charge in [0, 0.05) is 32.2 Å². The van der Waals surface area contributed by atoms with Crippen molar-refractivity contribution in [2.24, 2.45) is 4.99 Å². The van der Waals surface area contributed by atoms with Gasteiger partial charge in [0.05, 0.1) is 13.2 Å². The van der Waals surface area contributed by atoms with E-state index in [1.807, 2.05) is 0 Å². The first kappa shape index (κ1) is 20.9. The van der Waals surface area contributed by atoms with Crippen LogP contribution in [0.4, 0.5) is 0 Å². The molecule has 2 N–H and O–H groups in total. The summed E-state index contributed by atoms with van der Waals surface area (Å²) in [7, 11) is 0. The number of hydrogen-bond donors (Lipinski definition) is 2. The van der Waals surface area contributed by atoms with Crippen molar-refractivity contribution in [2.75, 3.05) is 45.9 Å². The van der Waals surface area contributed by atoms with Gasteiger partial charge in [-0.05, 0) is 39.7 Å². The highest BCUT2D eigenvalue weighted by molar-refractivity contribution is 14.0. The van der Waals surface area contributed by atoms with Gasteiger partial charge < -0.3 is 15.4 Å². The minimum Gasteiger partial charge on any atom is -0.379 e. The summed E-state index contributed by atoms with van der Waals surface area (Å²) < 4.78 is 5.35. The van der Waals surface area contributed by atoms with Crippen LogP contribution in [-0.2, 0) is 4.74 Å². The predicted octanol–water partition coefficient (Wildman–Crippen LogP) is 2.07. The summed E-state index contributed by atoms with van der Waals surface area (Å²) in [4.78, 5) is 7.12. The zero-order valence-corrected chi connectivity index (χ0v) is 16.2. The van der Waals surface area contributed by atoms with Crippen molar-refractivity contribution in [1.82, 2.24) is 15.5 Å². The highest BCUT2D eigenvalue weighted by Gasteiger charge is 2.09. The monoisotopic (exact) mass is 412 g/mol. The van der Waals surface area contributed by atoms with Crippen molar-refractivity contribution < 1.29 is 4.74 Å². The van der Waals surface area contributed by atoms with E-state index in [9.17, 15) is 0 Å². The van der Waals surface area contributed by atoms with Gasteiger partial charge in [-0.1, -0.05) is 6.92 Å². The maximum absolute atomic E-state index is 5.35. The number of halogens is 1. The zero-order chi connectivity index (χ0) is 14.6. The third kappa shape index (κ3) is 10.3. The van der Waals surface area contributed by atoms with E-state index in [1.165, 1.54) is 13.0 Å². The summed E-state index contributed by atoms with van der Waals surface area (Å²) in [5.41, 5.74) is 0. The van der Waals surface area contributed by atoms with Crippen LogP contribution >= 0.6 is 24.0 Å². The maximum atomic E-state index is 5.35. The Hall–Kier alpha value is -0.0800. The van der Waals surface area contributed by atoms with Crippen LogP contribution in [0.2, 0.25) is 0 Å². The average molecular weight is 412 g/mol. The Morgan fingerprint density at radius 3 is 2.57 bits per heavy atom. The second-order valence-corrected chi connectivity index (χ2v) is 5.38. The minimum absolute atomic E-state index is 0. The van der Waals surface area contributed by atoms with E-state index in [2.05, 4.69) is 41.3 Å². The normalized spacial score (nSPS) is 18.0. The molecule has 1 aliphatic heterocycles. The summed E-state index contributed by atoms with van der Waals surface area (Å²) in [6, 6.07) is 0.473. The first-order valence-electron chi connectivity index (χ1n) is 8.11. The molecule has 1 saturated heterocycles. The lowest BCUT2D eigenvalue weighted by molar-refractivity contribution is 0.0373. The van der Waals surface area contributed by atoms with E-state index in [4.69, 9.17) is 4.74 Å². The average Bonchev–Trinajstić information content (AvgIpc) is 2.48. The van der Waals surface area contributed by atoms with Crippen molar-refractivity contribution in [3.8, 4) is 0 Å². The first-order chi connectivity index (χ1) is 9.76. The Kier molecular flexibility index (Phi) is 13.5. The van der Waals surface area contributed by atoms with Gasteiger partial charge in [0.25, 0.3) is 0 Å². The van der Waals surface area contributed by atoms with Crippen molar-refractivity contribution in [3.63, 3.8) is 0 Å². The molecular weight excluding hydrogens is 379 g/mol. The van der Waals surface area contributed by atoms with Crippen LogP contribution in [0.1, 0.15) is 40.0 Å². The number of unbranched alkanes of at least 4 members (excludes halogenated alkanes) is 1. The quantitative estimate of drug-likeness (QED) is 0.277. The fraction of sp³-hybridized carbons (Fsp3) is 0.933. The molecular formula is C15H33IN4O. The van der Waals surface area contributed by atoms with Crippen LogP contribution in [0.3, 0.4) is 0 Å². The van der Waals surface area contributed by atoms with E-state index in [0.29, 0.717) is 6.04 Å². The topological polar surface area (TPSA) is 48.9 Å². The second kappa shape index (κ2) is 13.6. The van der Waals surface area contributed by atoms with Gasteiger partial charge in [-0.15, -0.1) is 24.0 Å². The standard InChI is InChI=1S/C15H32N4O.HI/c1-4-14(3)18-15(16-5-2)17-8-6-7-9-19-10-12-20-13-11-19;/h14H,4-13H2,1-3H3,(H2,16,17,18);1H. The highest BCUT2D eigenvalue weighted by atomic mass is 127. The van der Waals surface area contributed by atoms with Crippen molar-refractivity contribution >= 4 is 29.9 Å². The molecule has 0 spiro atoms. The Labute approximate surface area is 147 Å². The molecule has 5 nitrogen and oxygen atoms in total. The number of rotatable bonds is 8. The fourth-order valence-electron chi connectivity index (χ4n) is 2.12. The van der Waals surface area contributed by atoms with E-state index < -0.39 is 0 Å². The van der Waals surface area contributed by atoms with E-state index in [0.717, 1.165) is 58.2 Å². The van der Waals surface area contributed by atoms with Gasteiger partial charge in [0.1, 0.15) is 0 Å².